The van der Waals surface area contributed by atoms with Gasteiger partial charge in [-0.2, -0.15) is 0 Å². The first-order valence-electron chi connectivity index (χ1n) is 5.51. The zero-order valence-corrected chi connectivity index (χ0v) is 11.4. The van der Waals surface area contributed by atoms with Crippen molar-refractivity contribution in [3.63, 3.8) is 0 Å². The Bertz CT molecular complexity index is 567. The Morgan fingerprint density at radius 3 is 2.63 bits per heavy atom. The number of halogens is 1. The van der Waals surface area contributed by atoms with E-state index < -0.39 is 39.0 Å². The first-order valence-corrected chi connectivity index (χ1v) is 7.33. The average molecular weight is 290 g/mol. The summed E-state index contributed by atoms with van der Waals surface area (Å²) < 4.78 is 42.1. The number of hydrogen-bond donors (Lipinski definition) is 1. The third kappa shape index (κ3) is 4.20. The maximum Gasteiger partial charge on any atom is 0.307 e. The first-order chi connectivity index (χ1) is 8.76. The van der Waals surface area contributed by atoms with Gasteiger partial charge in [-0.1, -0.05) is 19.1 Å². The summed E-state index contributed by atoms with van der Waals surface area (Å²) in [6.45, 7) is 1.29. The zero-order chi connectivity index (χ0) is 14.6. The molecule has 0 bridgehead atoms. The van der Waals surface area contributed by atoms with Crippen LogP contribution in [0, 0.1) is 11.7 Å². The van der Waals surface area contributed by atoms with Crippen molar-refractivity contribution in [1.29, 1.82) is 0 Å². The van der Waals surface area contributed by atoms with Crippen LogP contribution in [0.3, 0.4) is 0 Å². The molecule has 0 aliphatic heterocycles. The molecule has 1 aromatic rings. The van der Waals surface area contributed by atoms with E-state index >= 15 is 0 Å². The number of rotatable bonds is 6. The molecular weight excluding hydrogens is 275 g/mol. The highest BCUT2D eigenvalue weighted by molar-refractivity contribution is 7.90. The Morgan fingerprint density at radius 2 is 2.11 bits per heavy atom. The quantitative estimate of drug-likeness (QED) is 0.858. The van der Waals surface area contributed by atoms with E-state index in [0.29, 0.717) is 0 Å². The maximum atomic E-state index is 13.8. The van der Waals surface area contributed by atoms with Crippen LogP contribution in [0.2, 0.25) is 0 Å². The molecule has 0 saturated heterocycles. The minimum Gasteiger partial charge on any atom is -0.494 e. The van der Waals surface area contributed by atoms with Gasteiger partial charge in [0.05, 0.1) is 24.5 Å². The third-order valence-corrected chi connectivity index (χ3v) is 4.32. The van der Waals surface area contributed by atoms with Gasteiger partial charge >= 0.3 is 5.97 Å². The van der Waals surface area contributed by atoms with E-state index in [1.807, 2.05) is 0 Å². The standard InChI is InChI=1S/C12H15FO5S/c1-8(12(14)15)6-19(16,17)7-9-4-3-5-10(18-2)11(9)13/h3-5,8H,6-7H2,1-2H3,(H,14,15). The second-order valence-electron chi connectivity index (χ2n) is 4.23. The number of methoxy groups -OCH3 is 1. The minimum atomic E-state index is -3.70. The Kier molecular flexibility index (Phi) is 4.88. The largest absolute Gasteiger partial charge is 0.494 e. The van der Waals surface area contributed by atoms with Crippen LogP contribution >= 0.6 is 0 Å². The van der Waals surface area contributed by atoms with Gasteiger partial charge in [0.2, 0.25) is 0 Å². The Labute approximate surface area is 110 Å². The molecule has 0 heterocycles. The lowest BCUT2D eigenvalue weighted by molar-refractivity contribution is -0.140. The normalized spacial score (nSPS) is 13.0. The van der Waals surface area contributed by atoms with E-state index in [9.17, 15) is 17.6 Å². The molecule has 0 saturated carbocycles. The smallest absolute Gasteiger partial charge is 0.307 e. The van der Waals surface area contributed by atoms with Gasteiger partial charge in [0.1, 0.15) is 0 Å². The third-order valence-electron chi connectivity index (χ3n) is 2.56. The molecule has 1 aromatic carbocycles. The average Bonchev–Trinajstić information content (AvgIpc) is 2.30. The number of benzene rings is 1. The molecule has 1 unspecified atom stereocenters. The summed E-state index contributed by atoms with van der Waals surface area (Å²) in [4.78, 5) is 10.6. The highest BCUT2D eigenvalue weighted by Gasteiger charge is 2.23. The molecule has 5 nitrogen and oxygen atoms in total. The van der Waals surface area contributed by atoms with E-state index in [2.05, 4.69) is 0 Å². The zero-order valence-electron chi connectivity index (χ0n) is 10.6. The molecule has 0 aliphatic carbocycles. The summed E-state index contributed by atoms with van der Waals surface area (Å²) in [5, 5.41) is 8.69. The van der Waals surface area contributed by atoms with Gasteiger partial charge in [-0.25, -0.2) is 12.8 Å². The highest BCUT2D eigenvalue weighted by Crippen LogP contribution is 2.22. The van der Waals surface area contributed by atoms with Gasteiger partial charge in [-0.3, -0.25) is 4.79 Å². The minimum absolute atomic E-state index is 0.0306. The number of carboxylic acids is 1. The van der Waals surface area contributed by atoms with E-state index in [1.54, 1.807) is 0 Å². The number of sulfone groups is 1. The van der Waals surface area contributed by atoms with E-state index in [-0.39, 0.29) is 11.3 Å². The monoisotopic (exact) mass is 290 g/mol. The maximum absolute atomic E-state index is 13.8. The van der Waals surface area contributed by atoms with Gasteiger partial charge in [-0.15, -0.1) is 0 Å². The van der Waals surface area contributed by atoms with Crippen LogP contribution < -0.4 is 4.74 Å². The van der Waals surface area contributed by atoms with Crippen molar-refractivity contribution >= 4 is 15.8 Å². The fourth-order valence-corrected chi connectivity index (χ4v) is 3.29. The summed E-state index contributed by atoms with van der Waals surface area (Å²) in [6, 6.07) is 4.19. The lowest BCUT2D eigenvalue weighted by Gasteiger charge is -2.10. The Balaban J connectivity index is 2.93. The molecule has 0 aromatic heterocycles. The molecule has 0 spiro atoms. The van der Waals surface area contributed by atoms with Crippen molar-refractivity contribution in [3.8, 4) is 5.75 Å². The molecular formula is C12H15FO5S. The van der Waals surface area contributed by atoms with Crippen LogP contribution in [0.1, 0.15) is 12.5 Å². The van der Waals surface area contributed by atoms with Crippen LogP contribution in [-0.2, 0) is 20.4 Å². The number of carbonyl (C=O) groups is 1. The second kappa shape index (κ2) is 6.01. The molecule has 1 rings (SSSR count). The van der Waals surface area contributed by atoms with Gasteiger partial charge < -0.3 is 9.84 Å². The lowest BCUT2D eigenvalue weighted by atomic mass is 10.2. The molecule has 0 amide bonds. The summed E-state index contributed by atoms with van der Waals surface area (Å²) in [5.41, 5.74) is -0.0306. The first kappa shape index (κ1) is 15.4. The van der Waals surface area contributed by atoms with Gasteiger partial charge in [0, 0.05) is 5.56 Å². The van der Waals surface area contributed by atoms with Crippen molar-refractivity contribution < 1.29 is 27.4 Å². The summed E-state index contributed by atoms with van der Waals surface area (Å²) in [7, 11) is -2.42. The summed E-state index contributed by atoms with van der Waals surface area (Å²) in [5.74, 6) is -4.09. The topological polar surface area (TPSA) is 80.7 Å². The molecule has 0 aliphatic rings. The predicted molar refractivity (Wildman–Crippen MR) is 67.2 cm³/mol. The molecule has 106 valence electrons. The van der Waals surface area contributed by atoms with Crippen LogP contribution in [-0.4, -0.2) is 32.4 Å². The van der Waals surface area contributed by atoms with Crippen molar-refractivity contribution in [2.24, 2.45) is 5.92 Å². The summed E-state index contributed by atoms with van der Waals surface area (Å²) >= 11 is 0. The lowest BCUT2D eigenvalue weighted by Crippen LogP contribution is -2.22. The van der Waals surface area contributed by atoms with Crippen LogP contribution in [0.5, 0.6) is 5.75 Å². The highest BCUT2D eigenvalue weighted by atomic mass is 32.2. The van der Waals surface area contributed by atoms with Crippen molar-refractivity contribution in [1.82, 2.24) is 0 Å². The van der Waals surface area contributed by atoms with Crippen molar-refractivity contribution in [3.05, 3.63) is 29.6 Å². The molecule has 19 heavy (non-hydrogen) atoms. The Morgan fingerprint density at radius 1 is 1.47 bits per heavy atom. The SMILES string of the molecule is COc1cccc(CS(=O)(=O)CC(C)C(=O)O)c1F. The van der Waals surface area contributed by atoms with Gasteiger partial charge in [-0.05, 0) is 6.07 Å². The van der Waals surface area contributed by atoms with Crippen molar-refractivity contribution in [2.75, 3.05) is 12.9 Å². The Hall–Kier alpha value is -1.63. The van der Waals surface area contributed by atoms with Gasteiger partial charge in [0.15, 0.2) is 21.4 Å². The molecule has 1 N–H and O–H groups in total. The van der Waals surface area contributed by atoms with E-state index in [1.165, 1.54) is 32.2 Å². The number of hydrogen-bond acceptors (Lipinski definition) is 4. The second-order valence-corrected chi connectivity index (χ2v) is 6.34. The fourth-order valence-electron chi connectivity index (χ4n) is 1.57. The summed E-state index contributed by atoms with van der Waals surface area (Å²) in [6.07, 6.45) is 0. The fraction of sp³-hybridized carbons (Fsp3) is 0.417. The van der Waals surface area contributed by atoms with Crippen LogP contribution in [0.4, 0.5) is 4.39 Å². The van der Waals surface area contributed by atoms with E-state index in [4.69, 9.17) is 9.84 Å². The number of ether oxygens (including phenoxy) is 1. The molecule has 1 atom stereocenters. The molecule has 0 radical (unpaired) electrons. The molecule has 7 heteroatoms. The predicted octanol–water partition coefficient (Wildman–Crippen LogP) is 1.47. The van der Waals surface area contributed by atoms with Crippen molar-refractivity contribution in [2.45, 2.75) is 12.7 Å². The molecule has 0 fully saturated rings. The van der Waals surface area contributed by atoms with E-state index in [0.717, 1.165) is 0 Å². The van der Waals surface area contributed by atoms with Crippen LogP contribution in [0.15, 0.2) is 18.2 Å². The van der Waals surface area contributed by atoms with Gasteiger partial charge in [0.25, 0.3) is 0 Å². The van der Waals surface area contributed by atoms with Crippen LogP contribution in [0.25, 0.3) is 0 Å². The number of aliphatic carboxylic acids is 1. The number of carboxylic acid groups (broad SMARTS) is 1.